The average Bonchev–Trinajstić information content (AvgIpc) is 3.09. The van der Waals surface area contributed by atoms with E-state index in [1.54, 1.807) is 4.68 Å². The Labute approximate surface area is 143 Å². The first kappa shape index (κ1) is 16.6. The number of halogens is 1. The van der Waals surface area contributed by atoms with Crippen LogP contribution in [0.15, 0.2) is 54.7 Å². The van der Waals surface area contributed by atoms with Gasteiger partial charge in [0, 0.05) is 5.56 Å². The fraction of sp³-hybridized carbons (Fsp3) is 0.167. The highest BCUT2D eigenvalue weighted by Crippen LogP contribution is 2.20. The van der Waals surface area contributed by atoms with Gasteiger partial charge in [0.1, 0.15) is 18.2 Å². The number of esters is 1. The molecule has 1 heterocycles. The molecule has 25 heavy (non-hydrogen) atoms. The maximum atomic E-state index is 13.3. The Bertz CT molecular complexity index is 865. The van der Waals surface area contributed by atoms with E-state index in [2.05, 4.69) is 10.3 Å². The van der Waals surface area contributed by atoms with Crippen LogP contribution in [0.25, 0.3) is 0 Å². The zero-order valence-corrected chi connectivity index (χ0v) is 13.6. The number of carbonyl (C=O) groups is 1. The topological polar surface area (TPSA) is 66.2 Å². The van der Waals surface area contributed by atoms with Gasteiger partial charge in [-0.1, -0.05) is 35.5 Å². The molecule has 1 aromatic heterocycles. The first-order valence-corrected chi connectivity index (χ1v) is 7.59. The van der Waals surface area contributed by atoms with Crippen LogP contribution in [0.3, 0.4) is 0 Å². The summed E-state index contributed by atoms with van der Waals surface area (Å²) in [6, 6.07) is 13.7. The second kappa shape index (κ2) is 7.57. The number of ether oxygens (including phenoxy) is 2. The van der Waals surface area contributed by atoms with Gasteiger partial charge in [0.2, 0.25) is 0 Å². The fourth-order valence-corrected chi connectivity index (χ4v) is 2.32. The number of aromatic nitrogens is 3. The van der Waals surface area contributed by atoms with Crippen molar-refractivity contribution in [2.24, 2.45) is 0 Å². The van der Waals surface area contributed by atoms with E-state index >= 15 is 0 Å². The predicted molar refractivity (Wildman–Crippen MR) is 87.6 cm³/mol. The Morgan fingerprint density at radius 2 is 2.00 bits per heavy atom. The third kappa shape index (κ3) is 4.20. The molecule has 0 amide bonds. The monoisotopic (exact) mass is 341 g/mol. The second-order valence-electron chi connectivity index (χ2n) is 5.32. The summed E-state index contributed by atoms with van der Waals surface area (Å²) in [7, 11) is 1.47. The third-order valence-electron chi connectivity index (χ3n) is 3.54. The molecule has 0 N–H and O–H groups in total. The third-order valence-corrected chi connectivity index (χ3v) is 3.54. The molecule has 0 saturated heterocycles. The molecule has 0 atom stereocenters. The minimum Gasteiger partial charge on any atom is -0.496 e. The molecule has 0 unspecified atom stereocenters. The van der Waals surface area contributed by atoms with Gasteiger partial charge in [-0.05, 0) is 23.8 Å². The van der Waals surface area contributed by atoms with Crippen LogP contribution < -0.4 is 4.74 Å². The summed E-state index contributed by atoms with van der Waals surface area (Å²) in [6.07, 6.45) is 1.51. The molecule has 2 aromatic carbocycles. The van der Waals surface area contributed by atoms with E-state index in [0.717, 1.165) is 5.56 Å². The lowest BCUT2D eigenvalue weighted by atomic mass is 10.2. The van der Waals surface area contributed by atoms with Gasteiger partial charge in [-0.25, -0.2) is 13.9 Å². The maximum Gasteiger partial charge on any atom is 0.360 e. The summed E-state index contributed by atoms with van der Waals surface area (Å²) in [4.78, 5) is 12.1. The van der Waals surface area contributed by atoms with Gasteiger partial charge in [-0.3, -0.25) is 0 Å². The Hall–Kier alpha value is -3.22. The molecule has 0 spiro atoms. The van der Waals surface area contributed by atoms with Gasteiger partial charge < -0.3 is 9.47 Å². The van der Waals surface area contributed by atoms with Crippen molar-refractivity contribution in [2.45, 2.75) is 13.2 Å². The molecule has 0 saturated carbocycles. The SMILES string of the molecule is COc1ccc(F)cc1COC(=O)c1cn(Cc2ccccc2)nn1. The number of nitrogens with zero attached hydrogens (tertiary/aromatic N) is 3. The molecule has 0 aliphatic rings. The van der Waals surface area contributed by atoms with E-state index in [0.29, 0.717) is 17.9 Å². The first-order valence-electron chi connectivity index (χ1n) is 7.59. The molecule has 0 bridgehead atoms. The highest BCUT2D eigenvalue weighted by atomic mass is 19.1. The largest absolute Gasteiger partial charge is 0.496 e. The highest BCUT2D eigenvalue weighted by molar-refractivity contribution is 5.86. The standard InChI is InChI=1S/C18H16FN3O3/c1-24-17-8-7-15(19)9-14(17)12-25-18(23)16-11-22(21-20-16)10-13-5-3-2-4-6-13/h2-9,11H,10,12H2,1H3. The Balaban J connectivity index is 1.63. The number of hydrogen-bond donors (Lipinski definition) is 0. The fourth-order valence-electron chi connectivity index (χ4n) is 2.32. The summed E-state index contributed by atoms with van der Waals surface area (Å²) in [5, 5.41) is 7.73. The molecule has 3 aromatic rings. The average molecular weight is 341 g/mol. The molecule has 0 radical (unpaired) electrons. The van der Waals surface area contributed by atoms with E-state index in [9.17, 15) is 9.18 Å². The number of hydrogen-bond acceptors (Lipinski definition) is 5. The maximum absolute atomic E-state index is 13.3. The summed E-state index contributed by atoms with van der Waals surface area (Å²) in [5.74, 6) is -0.617. The van der Waals surface area contributed by atoms with Crippen molar-refractivity contribution in [3.05, 3.63) is 77.4 Å². The van der Waals surface area contributed by atoms with Crippen LogP contribution in [0.2, 0.25) is 0 Å². The second-order valence-corrected chi connectivity index (χ2v) is 5.32. The van der Waals surface area contributed by atoms with Crippen molar-refractivity contribution in [1.29, 1.82) is 0 Å². The van der Waals surface area contributed by atoms with Crippen LogP contribution in [0.4, 0.5) is 4.39 Å². The van der Waals surface area contributed by atoms with Crippen molar-refractivity contribution < 1.29 is 18.7 Å². The molecule has 128 valence electrons. The summed E-state index contributed by atoms with van der Waals surface area (Å²) in [6.45, 7) is 0.379. The van der Waals surface area contributed by atoms with Crippen LogP contribution in [0.1, 0.15) is 21.6 Å². The Morgan fingerprint density at radius 1 is 1.20 bits per heavy atom. The first-order chi connectivity index (χ1) is 12.2. The Morgan fingerprint density at radius 3 is 2.76 bits per heavy atom. The Kier molecular flexibility index (Phi) is 5.03. The minimum atomic E-state index is -0.634. The van der Waals surface area contributed by atoms with Crippen LogP contribution in [0, 0.1) is 5.82 Å². The summed E-state index contributed by atoms with van der Waals surface area (Å²) in [5.41, 5.74) is 1.57. The molecule has 3 rings (SSSR count). The van der Waals surface area contributed by atoms with Crippen LogP contribution in [0.5, 0.6) is 5.75 Å². The van der Waals surface area contributed by atoms with Crippen LogP contribution >= 0.6 is 0 Å². The number of methoxy groups -OCH3 is 1. The number of rotatable bonds is 6. The van der Waals surface area contributed by atoms with Gasteiger partial charge in [0.05, 0.1) is 19.9 Å². The van der Waals surface area contributed by atoms with E-state index in [1.165, 1.54) is 31.5 Å². The lowest BCUT2D eigenvalue weighted by Gasteiger charge is -2.08. The molecule has 0 aliphatic heterocycles. The molecule has 6 nitrogen and oxygen atoms in total. The highest BCUT2D eigenvalue weighted by Gasteiger charge is 2.14. The van der Waals surface area contributed by atoms with Crippen molar-refractivity contribution in [2.75, 3.05) is 7.11 Å². The quantitative estimate of drug-likeness (QED) is 0.645. The van der Waals surface area contributed by atoms with Gasteiger partial charge >= 0.3 is 5.97 Å². The summed E-state index contributed by atoms with van der Waals surface area (Å²) >= 11 is 0. The minimum absolute atomic E-state index is 0.0892. The molecular weight excluding hydrogens is 325 g/mol. The van der Waals surface area contributed by atoms with Crippen LogP contribution in [-0.4, -0.2) is 28.1 Å². The van der Waals surface area contributed by atoms with Gasteiger partial charge in [-0.2, -0.15) is 0 Å². The predicted octanol–water partition coefficient (Wildman–Crippen LogP) is 2.83. The smallest absolute Gasteiger partial charge is 0.360 e. The van der Waals surface area contributed by atoms with E-state index in [1.807, 2.05) is 30.3 Å². The van der Waals surface area contributed by atoms with Gasteiger partial charge in [-0.15, -0.1) is 5.10 Å². The van der Waals surface area contributed by atoms with Gasteiger partial charge in [0.15, 0.2) is 5.69 Å². The van der Waals surface area contributed by atoms with Crippen molar-refractivity contribution >= 4 is 5.97 Å². The molecule has 0 aliphatic carbocycles. The van der Waals surface area contributed by atoms with Crippen LogP contribution in [-0.2, 0) is 17.9 Å². The number of benzene rings is 2. The van der Waals surface area contributed by atoms with Crippen molar-refractivity contribution in [3.63, 3.8) is 0 Å². The zero-order valence-electron chi connectivity index (χ0n) is 13.6. The van der Waals surface area contributed by atoms with E-state index < -0.39 is 11.8 Å². The van der Waals surface area contributed by atoms with Crippen molar-refractivity contribution in [3.8, 4) is 5.75 Å². The lowest BCUT2D eigenvalue weighted by Crippen LogP contribution is -2.07. The van der Waals surface area contributed by atoms with Gasteiger partial charge in [0.25, 0.3) is 0 Å². The van der Waals surface area contributed by atoms with E-state index in [4.69, 9.17) is 9.47 Å². The number of carbonyl (C=O) groups excluding carboxylic acids is 1. The molecular formula is C18H16FN3O3. The van der Waals surface area contributed by atoms with E-state index in [-0.39, 0.29) is 12.3 Å². The lowest BCUT2D eigenvalue weighted by molar-refractivity contribution is 0.0462. The normalized spacial score (nSPS) is 10.5. The molecule has 7 heteroatoms. The zero-order chi connectivity index (χ0) is 17.6. The van der Waals surface area contributed by atoms with Crippen molar-refractivity contribution in [1.82, 2.24) is 15.0 Å². The summed E-state index contributed by atoms with van der Waals surface area (Å²) < 4.78 is 25.2. The molecule has 0 fully saturated rings.